The van der Waals surface area contributed by atoms with Gasteiger partial charge in [-0.3, -0.25) is 0 Å². The summed E-state index contributed by atoms with van der Waals surface area (Å²) in [6.07, 6.45) is 3.14. The van der Waals surface area contributed by atoms with Crippen LogP contribution in [-0.2, 0) is 0 Å². The number of aromatic carboxylic acids is 1. The molecule has 2 N–H and O–H groups in total. The van der Waals surface area contributed by atoms with E-state index in [1.165, 1.54) is 12.1 Å². The number of aliphatic imine (C=N–C) groups is 2. The fourth-order valence-electron chi connectivity index (χ4n) is 0.882. The maximum Gasteiger partial charge on any atom is 0.339 e. The van der Waals surface area contributed by atoms with Gasteiger partial charge in [0.05, 0.1) is 0 Å². The first-order chi connectivity index (χ1) is 7.61. The molecule has 2 rings (SSSR count). The number of para-hydroxylation sites is 1. The Hall–Kier alpha value is -2.08. The number of hydrogen-bond acceptors (Lipinski definition) is 3. The smallest absolute Gasteiger partial charge is 0.339 e. The van der Waals surface area contributed by atoms with Gasteiger partial charge >= 0.3 is 5.97 Å². The Kier molecular flexibility index (Phi) is 4.28. The number of carbonyl (C=O) groups is 1. The van der Waals surface area contributed by atoms with E-state index in [-0.39, 0.29) is 11.3 Å². The molecule has 1 aliphatic heterocycles. The number of benzene rings is 1. The average molecular weight is 236 g/mol. The first kappa shape index (κ1) is 12.0. The molecule has 0 saturated carbocycles. The number of aromatic hydroxyl groups is 1. The molecule has 0 spiro atoms. The summed E-state index contributed by atoms with van der Waals surface area (Å²) >= 11 is 4.52. The minimum Gasteiger partial charge on any atom is -0.507 e. The van der Waals surface area contributed by atoms with Gasteiger partial charge < -0.3 is 10.2 Å². The molecule has 1 aromatic rings. The summed E-state index contributed by atoms with van der Waals surface area (Å²) in [5.74, 6) is -1.31. The van der Waals surface area contributed by atoms with Crippen LogP contribution in [0.5, 0.6) is 5.75 Å². The van der Waals surface area contributed by atoms with Gasteiger partial charge in [-0.15, -0.1) is 0 Å². The molecule has 0 saturated heterocycles. The predicted octanol–water partition coefficient (Wildman–Crippen LogP) is 1.52. The van der Waals surface area contributed by atoms with E-state index < -0.39 is 5.97 Å². The fourth-order valence-corrected chi connectivity index (χ4v) is 1.00. The van der Waals surface area contributed by atoms with Gasteiger partial charge in [0.1, 0.15) is 11.3 Å². The third-order valence-electron chi connectivity index (χ3n) is 1.57. The average Bonchev–Trinajstić information content (AvgIpc) is 2.70. The number of nitrogens with zero attached hydrogens (tertiary/aromatic N) is 2. The van der Waals surface area contributed by atoms with Gasteiger partial charge in [0.15, 0.2) is 0 Å². The van der Waals surface area contributed by atoms with E-state index in [0.717, 1.165) is 0 Å². The minimum atomic E-state index is -1.11. The Morgan fingerprint density at radius 3 is 2.06 bits per heavy atom. The monoisotopic (exact) mass is 236 g/mol. The van der Waals surface area contributed by atoms with E-state index in [1.54, 1.807) is 24.6 Å². The molecule has 0 atom stereocenters. The van der Waals surface area contributed by atoms with Crippen LogP contribution in [-0.4, -0.2) is 33.7 Å². The summed E-state index contributed by atoms with van der Waals surface area (Å²) in [4.78, 5) is 17.5. The second-order valence-corrected chi connectivity index (χ2v) is 3.03. The van der Waals surface area contributed by atoms with E-state index in [2.05, 4.69) is 22.2 Å². The number of carboxylic acids is 1. The van der Waals surface area contributed by atoms with Crippen molar-refractivity contribution in [3.63, 3.8) is 0 Å². The van der Waals surface area contributed by atoms with Crippen molar-refractivity contribution in [1.82, 2.24) is 0 Å². The standard InChI is InChI=1S/C7H6O3.C3H2N2S/c8-6-4-2-1-3-5(6)7(9)10;6-3-4-1-2-5-3/h1-4,8H,(H,9,10);1-2H. The molecule has 0 fully saturated rings. The molecule has 0 amide bonds. The van der Waals surface area contributed by atoms with Crippen LogP contribution in [0.15, 0.2) is 34.3 Å². The highest BCUT2D eigenvalue weighted by molar-refractivity contribution is 7.80. The lowest BCUT2D eigenvalue weighted by Crippen LogP contribution is -1.95. The van der Waals surface area contributed by atoms with Crippen molar-refractivity contribution in [2.45, 2.75) is 0 Å². The topological polar surface area (TPSA) is 82.2 Å². The molecule has 0 unspecified atom stereocenters. The first-order valence-corrected chi connectivity index (χ1v) is 4.64. The van der Waals surface area contributed by atoms with E-state index in [4.69, 9.17) is 10.2 Å². The van der Waals surface area contributed by atoms with E-state index in [0.29, 0.717) is 5.11 Å². The molecule has 0 aliphatic carbocycles. The highest BCUT2D eigenvalue weighted by atomic mass is 32.1. The fraction of sp³-hybridized carbons (Fsp3) is 0. The molecule has 0 bridgehead atoms. The maximum atomic E-state index is 10.3. The Labute approximate surface area is 96.8 Å². The second-order valence-electron chi connectivity index (χ2n) is 2.66. The third-order valence-corrected chi connectivity index (χ3v) is 1.78. The molecule has 1 aromatic carbocycles. The molecule has 6 heteroatoms. The number of rotatable bonds is 1. The Morgan fingerprint density at radius 2 is 1.75 bits per heavy atom. The second kappa shape index (κ2) is 5.72. The molecule has 82 valence electrons. The summed E-state index contributed by atoms with van der Waals surface area (Å²) in [7, 11) is 0. The van der Waals surface area contributed by atoms with Gasteiger partial charge in [-0.2, -0.15) is 0 Å². The van der Waals surface area contributed by atoms with Crippen LogP contribution >= 0.6 is 12.2 Å². The maximum absolute atomic E-state index is 10.3. The van der Waals surface area contributed by atoms with E-state index in [1.807, 2.05) is 0 Å². The summed E-state index contributed by atoms with van der Waals surface area (Å²) in [6.45, 7) is 0. The van der Waals surface area contributed by atoms with Crippen molar-refractivity contribution in [2.75, 3.05) is 0 Å². The minimum absolute atomic E-state index is 0.0671. The summed E-state index contributed by atoms with van der Waals surface area (Å²) in [5.41, 5.74) is -0.0671. The molecule has 1 aliphatic rings. The summed E-state index contributed by atoms with van der Waals surface area (Å²) in [6, 6.07) is 5.81. The third kappa shape index (κ3) is 3.58. The number of carboxylic acid groups (broad SMARTS) is 1. The van der Waals surface area contributed by atoms with Gasteiger partial charge in [0.25, 0.3) is 0 Å². The van der Waals surface area contributed by atoms with Crippen molar-refractivity contribution < 1.29 is 15.0 Å². The van der Waals surface area contributed by atoms with Crippen molar-refractivity contribution in [3.8, 4) is 5.75 Å². The Balaban J connectivity index is 0.000000181. The largest absolute Gasteiger partial charge is 0.507 e. The summed E-state index contributed by atoms with van der Waals surface area (Å²) in [5, 5.41) is 17.7. The van der Waals surface area contributed by atoms with Crippen LogP contribution in [0.4, 0.5) is 0 Å². The van der Waals surface area contributed by atoms with Crippen LogP contribution in [0.3, 0.4) is 0 Å². The van der Waals surface area contributed by atoms with Crippen LogP contribution in [0.25, 0.3) is 0 Å². The van der Waals surface area contributed by atoms with Crippen molar-refractivity contribution in [1.29, 1.82) is 0 Å². The van der Waals surface area contributed by atoms with E-state index in [9.17, 15) is 4.79 Å². The lowest BCUT2D eigenvalue weighted by Gasteiger charge is -1.95. The lowest BCUT2D eigenvalue weighted by molar-refractivity contribution is 0.0694. The lowest BCUT2D eigenvalue weighted by atomic mass is 10.2. The van der Waals surface area contributed by atoms with Gasteiger partial charge in [0, 0.05) is 12.4 Å². The zero-order valence-electron chi connectivity index (χ0n) is 8.07. The zero-order valence-corrected chi connectivity index (χ0v) is 8.89. The normalized spacial score (nSPS) is 12.1. The molecular formula is C10H8N2O3S. The molecule has 0 radical (unpaired) electrons. The van der Waals surface area contributed by atoms with Crippen molar-refractivity contribution >= 4 is 35.7 Å². The van der Waals surface area contributed by atoms with Crippen LogP contribution in [0.2, 0.25) is 0 Å². The highest BCUT2D eigenvalue weighted by Gasteiger charge is 2.05. The van der Waals surface area contributed by atoms with Crippen LogP contribution in [0.1, 0.15) is 10.4 Å². The molecule has 16 heavy (non-hydrogen) atoms. The predicted molar refractivity (Wildman–Crippen MR) is 64.6 cm³/mol. The van der Waals surface area contributed by atoms with Crippen LogP contribution in [0, 0.1) is 0 Å². The Morgan fingerprint density at radius 1 is 1.19 bits per heavy atom. The van der Waals surface area contributed by atoms with Crippen molar-refractivity contribution in [2.24, 2.45) is 9.98 Å². The SMILES string of the molecule is O=C(O)c1ccccc1O.S=C1N=CC=N1. The van der Waals surface area contributed by atoms with Crippen molar-refractivity contribution in [3.05, 3.63) is 29.8 Å². The number of phenols is 1. The van der Waals surface area contributed by atoms with Gasteiger partial charge in [-0.25, -0.2) is 14.8 Å². The molecule has 1 heterocycles. The number of hydrogen-bond donors (Lipinski definition) is 2. The van der Waals surface area contributed by atoms with Crippen LogP contribution < -0.4 is 0 Å². The highest BCUT2D eigenvalue weighted by Crippen LogP contribution is 2.14. The molecular weight excluding hydrogens is 228 g/mol. The number of thiocarbonyl (C=S) groups is 1. The quantitative estimate of drug-likeness (QED) is 0.724. The van der Waals surface area contributed by atoms with E-state index >= 15 is 0 Å². The first-order valence-electron chi connectivity index (χ1n) is 4.23. The zero-order chi connectivity index (χ0) is 12.0. The van der Waals surface area contributed by atoms with Gasteiger partial charge in [0.2, 0.25) is 5.11 Å². The van der Waals surface area contributed by atoms with Gasteiger partial charge in [-0.05, 0) is 24.4 Å². The Bertz CT molecular complexity index is 455. The summed E-state index contributed by atoms with van der Waals surface area (Å²) < 4.78 is 0. The molecule has 0 aromatic heterocycles. The molecule has 5 nitrogen and oxygen atoms in total. The van der Waals surface area contributed by atoms with Gasteiger partial charge in [-0.1, -0.05) is 12.1 Å².